The fraction of sp³-hybridized carbons (Fsp3) is 0.643. The van der Waals surface area contributed by atoms with Crippen LogP contribution in [0.3, 0.4) is 0 Å². The number of rotatable bonds is 11. The van der Waals surface area contributed by atoms with Gasteiger partial charge in [-0.2, -0.15) is 0 Å². The van der Waals surface area contributed by atoms with E-state index in [-0.39, 0.29) is 49.4 Å². The van der Waals surface area contributed by atoms with Crippen molar-refractivity contribution in [3.8, 4) is 11.6 Å². The minimum Gasteiger partial charge on any atom is -0.494 e. The summed E-state index contributed by atoms with van der Waals surface area (Å²) in [5, 5.41) is 0.722. The number of alkyl halides is 2. The van der Waals surface area contributed by atoms with Crippen LogP contribution in [-0.2, 0) is 33.9 Å². The summed E-state index contributed by atoms with van der Waals surface area (Å²) in [4.78, 5) is 62.9. The van der Waals surface area contributed by atoms with Crippen molar-refractivity contribution in [2.24, 2.45) is 29.1 Å². The molecule has 7 atom stereocenters. The SMILES string of the molecule is [2H]C([2H])([2H])C1(S(=O)(=O)NC(=O)[C@]23CC(=O)[C@@H]4C[C@@H](Oc5ncc(OC)c6ccc(F)cc56)CN4C(=O)[C@@H](CC(=O)OC(C)(C)C(F)F)[C@H](CC)C[C@@H](C)CC/C=C\[C@@H]2C3)CC1. The van der Waals surface area contributed by atoms with Gasteiger partial charge in [-0.15, -0.1) is 0 Å². The average Bonchev–Trinajstić information content (AvgIpc) is 4.09. The number of benzene rings is 1. The number of hydrogen-bond donors (Lipinski definition) is 1. The van der Waals surface area contributed by atoms with Gasteiger partial charge in [-0.1, -0.05) is 32.4 Å². The van der Waals surface area contributed by atoms with Crippen molar-refractivity contribution in [2.45, 2.75) is 128 Å². The number of carbonyl (C=O) groups excluding carboxylic acids is 4. The normalized spacial score (nSPS) is 30.4. The Morgan fingerprint density at radius 1 is 1.17 bits per heavy atom. The van der Waals surface area contributed by atoms with Crippen LogP contribution in [0.1, 0.15) is 103 Å². The molecule has 6 rings (SSSR count). The van der Waals surface area contributed by atoms with Crippen LogP contribution >= 0.6 is 0 Å². The lowest BCUT2D eigenvalue weighted by Gasteiger charge is -2.34. The van der Waals surface area contributed by atoms with Crippen LogP contribution in [0.15, 0.2) is 36.5 Å². The first kappa shape index (κ1) is 39.3. The number of nitrogens with one attached hydrogen (secondary N) is 1. The molecule has 3 heterocycles. The number of aromatic nitrogens is 1. The molecule has 2 saturated carbocycles. The molecule has 1 aromatic carbocycles. The molecule has 2 amide bonds. The van der Waals surface area contributed by atoms with Gasteiger partial charge in [0.2, 0.25) is 27.7 Å². The van der Waals surface area contributed by atoms with Gasteiger partial charge in [-0.25, -0.2) is 26.6 Å². The first-order valence-electron chi connectivity index (χ1n) is 21.3. The van der Waals surface area contributed by atoms with Gasteiger partial charge in [0.1, 0.15) is 17.7 Å². The zero-order chi connectivity index (χ0) is 44.9. The number of esters is 1. The Kier molecular flexibility index (Phi) is 11.1. The minimum atomic E-state index is -4.71. The summed E-state index contributed by atoms with van der Waals surface area (Å²) in [5.41, 5.74) is -3.74. The van der Waals surface area contributed by atoms with E-state index in [1.165, 1.54) is 36.4 Å². The van der Waals surface area contributed by atoms with Gasteiger partial charge in [0, 0.05) is 22.3 Å². The number of hydrogen-bond acceptors (Lipinski definition) is 10. The molecule has 0 unspecified atom stereocenters. The first-order chi connectivity index (χ1) is 28.5. The van der Waals surface area contributed by atoms with Crippen LogP contribution in [0.2, 0.25) is 0 Å². The molecule has 1 saturated heterocycles. The summed E-state index contributed by atoms with van der Waals surface area (Å²) in [6.45, 7) is 2.83. The van der Waals surface area contributed by atoms with Gasteiger partial charge in [0.25, 0.3) is 6.43 Å². The molecule has 3 fully saturated rings. The molecule has 16 heteroatoms. The Morgan fingerprint density at radius 2 is 1.91 bits per heavy atom. The number of allylic oxidation sites excluding steroid dienone is 2. The number of pyridine rings is 1. The Bertz CT molecular complexity index is 2190. The number of nitrogens with zero attached hydrogens (tertiary/aromatic N) is 2. The van der Waals surface area contributed by atoms with Crippen molar-refractivity contribution < 1.29 is 59.1 Å². The highest BCUT2D eigenvalue weighted by atomic mass is 32.2. The van der Waals surface area contributed by atoms with E-state index in [1.54, 1.807) is 6.08 Å². The molecule has 12 nitrogen and oxygen atoms in total. The zero-order valence-electron chi connectivity index (χ0n) is 36.4. The van der Waals surface area contributed by atoms with Crippen LogP contribution in [0.25, 0.3) is 10.8 Å². The molecule has 318 valence electrons. The van der Waals surface area contributed by atoms with Crippen LogP contribution in [0.5, 0.6) is 11.6 Å². The number of amides is 2. The summed E-state index contributed by atoms with van der Waals surface area (Å²) in [5.74, 6) is -5.72. The van der Waals surface area contributed by atoms with E-state index in [0.717, 1.165) is 13.8 Å². The predicted octanol–water partition coefficient (Wildman–Crippen LogP) is 6.69. The third-order valence-electron chi connectivity index (χ3n) is 12.3. The number of fused-ring (bicyclic) bond motifs is 3. The molecule has 1 aromatic heterocycles. The fourth-order valence-electron chi connectivity index (χ4n) is 8.39. The lowest BCUT2D eigenvalue weighted by molar-refractivity contribution is -0.174. The first-order valence-corrected chi connectivity index (χ1v) is 21.3. The van der Waals surface area contributed by atoms with E-state index in [0.29, 0.717) is 36.8 Å². The summed E-state index contributed by atoms with van der Waals surface area (Å²) >= 11 is 0. The third kappa shape index (κ3) is 8.86. The Morgan fingerprint density at radius 3 is 2.57 bits per heavy atom. The van der Waals surface area contributed by atoms with Crippen LogP contribution < -0.4 is 14.2 Å². The van der Waals surface area contributed by atoms with Gasteiger partial charge in [-0.05, 0) is 95.2 Å². The smallest absolute Gasteiger partial charge is 0.307 e. The average molecular weight is 837 g/mol. The summed E-state index contributed by atoms with van der Waals surface area (Å²) in [6, 6.07) is 2.65. The molecule has 0 radical (unpaired) electrons. The summed E-state index contributed by atoms with van der Waals surface area (Å²) < 4.78 is 110. The Labute approximate surface area is 341 Å². The summed E-state index contributed by atoms with van der Waals surface area (Å²) in [6.07, 6.45) is 1.60. The number of ketones is 1. The molecule has 0 spiro atoms. The van der Waals surface area contributed by atoms with E-state index >= 15 is 4.79 Å². The highest BCUT2D eigenvalue weighted by Gasteiger charge is 2.63. The molecular formula is C42H54F3N3O9S. The molecule has 2 aliphatic carbocycles. The van der Waals surface area contributed by atoms with E-state index in [4.69, 9.17) is 18.3 Å². The standard InChI is InChI=1S/C42H54F3N3O9S/c1-7-25-16-24(2)10-8-9-11-26-20-42(26,39(52)47-58(53,54)41(5)14-15-41)21-33(49)32-18-28(56-36-31-17-27(43)12-13-29(31)34(55-6)22-46-36)23-48(32)37(51)30(25)19-35(50)57-40(3,4)38(44)45/h9,11-13,17,22,24-26,28,30,32,38H,7-8,10,14-16,18-21,23H2,1-6H3,(H,47,52)/b11-9-/t24-,25+,26+,28+,30-,32-,42+/m0/s1/i5D3. The van der Waals surface area contributed by atoms with E-state index in [9.17, 15) is 36.0 Å². The molecule has 0 bridgehead atoms. The minimum absolute atomic E-state index is 0.00233. The molecule has 58 heavy (non-hydrogen) atoms. The number of sulfonamides is 1. The lowest BCUT2D eigenvalue weighted by atomic mass is 9.79. The van der Waals surface area contributed by atoms with Gasteiger partial charge in [0.15, 0.2) is 11.4 Å². The van der Waals surface area contributed by atoms with Crippen molar-refractivity contribution in [3.63, 3.8) is 0 Å². The van der Waals surface area contributed by atoms with Crippen LogP contribution in [0.4, 0.5) is 13.2 Å². The third-order valence-corrected chi connectivity index (χ3v) is 14.2. The number of Topliss-reactive ketones (excluding diaryl/α,β-unsaturated/α-hetero) is 1. The maximum Gasteiger partial charge on any atom is 0.307 e. The van der Waals surface area contributed by atoms with Crippen molar-refractivity contribution in [1.82, 2.24) is 14.6 Å². The fourth-order valence-corrected chi connectivity index (χ4v) is 9.67. The predicted molar refractivity (Wildman–Crippen MR) is 208 cm³/mol. The second-order valence-electron chi connectivity index (χ2n) is 17.0. The summed E-state index contributed by atoms with van der Waals surface area (Å²) in [7, 11) is -3.29. The van der Waals surface area contributed by atoms with E-state index in [1.807, 2.05) is 24.6 Å². The van der Waals surface area contributed by atoms with Crippen molar-refractivity contribution in [2.75, 3.05) is 13.7 Å². The Hall–Kier alpha value is -4.21. The maximum atomic E-state index is 15.0. The van der Waals surface area contributed by atoms with Crippen molar-refractivity contribution in [1.29, 1.82) is 0 Å². The molecule has 1 N–H and O–H groups in total. The second kappa shape index (κ2) is 16.4. The lowest BCUT2D eigenvalue weighted by Crippen LogP contribution is -2.48. The highest BCUT2D eigenvalue weighted by Crippen LogP contribution is 2.58. The van der Waals surface area contributed by atoms with Crippen LogP contribution in [-0.4, -0.2) is 84.4 Å². The van der Waals surface area contributed by atoms with Crippen molar-refractivity contribution >= 4 is 44.4 Å². The van der Waals surface area contributed by atoms with E-state index in [2.05, 4.69) is 4.98 Å². The van der Waals surface area contributed by atoms with Gasteiger partial charge >= 0.3 is 5.97 Å². The molecule has 4 aliphatic rings. The number of carbonyl (C=O) groups is 4. The number of halogens is 3. The monoisotopic (exact) mass is 836 g/mol. The van der Waals surface area contributed by atoms with E-state index < -0.39 is 111 Å². The van der Waals surface area contributed by atoms with Gasteiger partial charge in [0.05, 0.1) is 53.8 Å². The molecule has 2 aromatic rings. The maximum absolute atomic E-state index is 15.0. The second-order valence-corrected chi connectivity index (χ2v) is 19.0. The molecule has 2 aliphatic heterocycles. The number of ether oxygens (including phenoxy) is 3. The van der Waals surface area contributed by atoms with Crippen molar-refractivity contribution in [3.05, 3.63) is 42.4 Å². The Balaban J connectivity index is 1.38. The highest BCUT2D eigenvalue weighted by molar-refractivity contribution is 7.91. The van der Waals surface area contributed by atoms with Gasteiger partial charge in [-0.3, -0.25) is 23.9 Å². The quantitative estimate of drug-likeness (QED) is 0.191. The largest absolute Gasteiger partial charge is 0.494 e. The van der Waals surface area contributed by atoms with Crippen LogP contribution in [0, 0.1) is 34.9 Å². The van der Waals surface area contributed by atoms with Gasteiger partial charge < -0.3 is 19.1 Å². The zero-order valence-corrected chi connectivity index (χ0v) is 34.2. The topological polar surface area (TPSA) is 158 Å². The number of methoxy groups -OCH3 is 1. The molecular weight excluding hydrogens is 780 g/mol.